The van der Waals surface area contributed by atoms with E-state index in [1.807, 2.05) is 0 Å². The lowest BCUT2D eigenvalue weighted by Crippen LogP contribution is -2.56. The molecule has 1 saturated heterocycles. The fourth-order valence-corrected chi connectivity index (χ4v) is 2.90. The summed E-state index contributed by atoms with van der Waals surface area (Å²) in [6.07, 6.45) is 0. The van der Waals surface area contributed by atoms with Crippen molar-refractivity contribution < 1.29 is 4.79 Å². The van der Waals surface area contributed by atoms with Crippen LogP contribution in [0.25, 0.3) is 0 Å². The van der Waals surface area contributed by atoms with Gasteiger partial charge in [0.05, 0.1) is 0 Å². The SMILES string of the molecule is Cc1ccc(CN2CCNCC2C(N)=O)s1. The van der Waals surface area contributed by atoms with Gasteiger partial charge in [-0.25, -0.2) is 0 Å². The second kappa shape index (κ2) is 4.95. The zero-order chi connectivity index (χ0) is 11.5. The van der Waals surface area contributed by atoms with Gasteiger partial charge in [-0.15, -0.1) is 11.3 Å². The zero-order valence-corrected chi connectivity index (χ0v) is 10.2. The largest absolute Gasteiger partial charge is 0.368 e. The summed E-state index contributed by atoms with van der Waals surface area (Å²) in [5.41, 5.74) is 5.40. The van der Waals surface area contributed by atoms with Gasteiger partial charge in [-0.3, -0.25) is 9.69 Å². The van der Waals surface area contributed by atoms with Crippen LogP contribution >= 0.6 is 11.3 Å². The van der Waals surface area contributed by atoms with Crippen molar-refractivity contribution in [2.45, 2.75) is 19.5 Å². The molecule has 1 aromatic heterocycles. The van der Waals surface area contributed by atoms with E-state index in [4.69, 9.17) is 5.73 Å². The molecule has 1 amide bonds. The van der Waals surface area contributed by atoms with E-state index in [1.165, 1.54) is 9.75 Å². The van der Waals surface area contributed by atoms with Gasteiger partial charge in [0, 0.05) is 35.9 Å². The molecule has 0 bridgehead atoms. The van der Waals surface area contributed by atoms with E-state index in [-0.39, 0.29) is 11.9 Å². The topological polar surface area (TPSA) is 58.4 Å². The first-order valence-electron chi connectivity index (χ1n) is 5.46. The fraction of sp³-hybridized carbons (Fsp3) is 0.545. The summed E-state index contributed by atoms with van der Waals surface area (Å²) in [7, 11) is 0. The molecule has 0 spiro atoms. The van der Waals surface area contributed by atoms with Crippen LogP contribution < -0.4 is 11.1 Å². The van der Waals surface area contributed by atoms with Gasteiger partial charge < -0.3 is 11.1 Å². The molecule has 1 atom stereocenters. The Morgan fingerprint density at radius 1 is 1.69 bits per heavy atom. The highest BCUT2D eigenvalue weighted by molar-refractivity contribution is 7.11. The minimum absolute atomic E-state index is 0.170. The summed E-state index contributed by atoms with van der Waals surface area (Å²) < 4.78 is 0. The molecule has 0 radical (unpaired) electrons. The number of carbonyl (C=O) groups excluding carboxylic acids is 1. The average Bonchev–Trinajstić information content (AvgIpc) is 2.64. The van der Waals surface area contributed by atoms with Crippen LogP contribution in [0.3, 0.4) is 0 Å². The summed E-state index contributed by atoms with van der Waals surface area (Å²) in [4.78, 5) is 16.1. The van der Waals surface area contributed by atoms with Crippen molar-refractivity contribution in [3.8, 4) is 0 Å². The fourth-order valence-electron chi connectivity index (χ4n) is 1.99. The first kappa shape index (κ1) is 11.6. The van der Waals surface area contributed by atoms with Crippen LogP contribution in [0.4, 0.5) is 0 Å². The lowest BCUT2D eigenvalue weighted by molar-refractivity contribution is -0.124. The van der Waals surface area contributed by atoms with Crippen molar-refractivity contribution >= 4 is 17.2 Å². The lowest BCUT2D eigenvalue weighted by Gasteiger charge is -2.33. The predicted molar refractivity (Wildman–Crippen MR) is 65.3 cm³/mol. The molecule has 4 nitrogen and oxygen atoms in total. The number of amides is 1. The molecule has 2 heterocycles. The van der Waals surface area contributed by atoms with E-state index in [0.29, 0.717) is 6.54 Å². The second-order valence-electron chi connectivity index (χ2n) is 4.11. The number of hydrogen-bond donors (Lipinski definition) is 2. The quantitative estimate of drug-likeness (QED) is 0.798. The van der Waals surface area contributed by atoms with E-state index in [2.05, 4.69) is 29.3 Å². The number of piperazine rings is 1. The van der Waals surface area contributed by atoms with Crippen LogP contribution in [0.5, 0.6) is 0 Å². The van der Waals surface area contributed by atoms with E-state index < -0.39 is 0 Å². The minimum Gasteiger partial charge on any atom is -0.368 e. The van der Waals surface area contributed by atoms with Crippen molar-refractivity contribution in [3.05, 3.63) is 21.9 Å². The number of carbonyl (C=O) groups is 1. The molecule has 1 aliphatic rings. The zero-order valence-electron chi connectivity index (χ0n) is 9.40. The summed E-state index contributed by atoms with van der Waals surface area (Å²) in [6, 6.07) is 4.07. The highest BCUT2D eigenvalue weighted by atomic mass is 32.1. The molecule has 1 aliphatic heterocycles. The van der Waals surface area contributed by atoms with Gasteiger partial charge >= 0.3 is 0 Å². The molecule has 0 aliphatic carbocycles. The molecule has 5 heteroatoms. The number of nitrogens with two attached hydrogens (primary N) is 1. The van der Waals surface area contributed by atoms with E-state index in [0.717, 1.165) is 19.6 Å². The van der Waals surface area contributed by atoms with Crippen LogP contribution in [-0.2, 0) is 11.3 Å². The first-order valence-corrected chi connectivity index (χ1v) is 6.28. The third kappa shape index (κ3) is 2.61. The Kier molecular flexibility index (Phi) is 3.58. The van der Waals surface area contributed by atoms with Crippen LogP contribution in [0.2, 0.25) is 0 Å². The lowest BCUT2D eigenvalue weighted by atomic mass is 10.2. The summed E-state index contributed by atoms with van der Waals surface area (Å²) in [5, 5.41) is 3.20. The molecule has 1 aromatic rings. The third-order valence-electron chi connectivity index (χ3n) is 2.84. The maximum Gasteiger partial charge on any atom is 0.236 e. The van der Waals surface area contributed by atoms with Gasteiger partial charge in [0.15, 0.2) is 0 Å². The van der Waals surface area contributed by atoms with E-state index in [1.54, 1.807) is 11.3 Å². The van der Waals surface area contributed by atoms with Gasteiger partial charge in [0.2, 0.25) is 5.91 Å². The minimum atomic E-state index is -0.236. The summed E-state index contributed by atoms with van der Waals surface area (Å²) in [5.74, 6) is -0.236. The number of rotatable bonds is 3. The maximum atomic E-state index is 11.3. The molecule has 0 saturated carbocycles. The Labute approximate surface area is 99.4 Å². The number of hydrogen-bond acceptors (Lipinski definition) is 4. The van der Waals surface area contributed by atoms with Crippen molar-refractivity contribution in [3.63, 3.8) is 0 Å². The number of nitrogens with one attached hydrogen (secondary N) is 1. The number of thiophene rings is 1. The van der Waals surface area contributed by atoms with Gasteiger partial charge in [-0.1, -0.05) is 0 Å². The van der Waals surface area contributed by atoms with Gasteiger partial charge in [0.25, 0.3) is 0 Å². The van der Waals surface area contributed by atoms with E-state index in [9.17, 15) is 4.79 Å². The molecule has 1 unspecified atom stereocenters. The Morgan fingerprint density at radius 2 is 2.50 bits per heavy atom. The number of primary amides is 1. The van der Waals surface area contributed by atoms with Crippen LogP contribution in [-0.4, -0.2) is 36.5 Å². The Balaban J connectivity index is 2.03. The molecule has 3 N–H and O–H groups in total. The monoisotopic (exact) mass is 239 g/mol. The van der Waals surface area contributed by atoms with Gasteiger partial charge in [-0.2, -0.15) is 0 Å². The number of aryl methyl sites for hydroxylation is 1. The second-order valence-corrected chi connectivity index (χ2v) is 5.48. The standard InChI is InChI=1S/C11H17N3OS/c1-8-2-3-9(16-8)7-14-5-4-13-6-10(14)11(12)15/h2-3,10,13H,4-7H2,1H3,(H2,12,15). The molecule has 1 fully saturated rings. The van der Waals surface area contributed by atoms with Crippen molar-refractivity contribution in [2.24, 2.45) is 5.73 Å². The van der Waals surface area contributed by atoms with Crippen LogP contribution in [0.15, 0.2) is 12.1 Å². The molecule has 2 rings (SSSR count). The Morgan fingerprint density at radius 3 is 3.12 bits per heavy atom. The van der Waals surface area contributed by atoms with Gasteiger partial charge in [0.1, 0.15) is 6.04 Å². The highest BCUT2D eigenvalue weighted by Gasteiger charge is 2.26. The smallest absolute Gasteiger partial charge is 0.236 e. The molecule has 0 aromatic carbocycles. The summed E-state index contributed by atoms with van der Waals surface area (Å²) >= 11 is 1.78. The molecular weight excluding hydrogens is 222 g/mol. The van der Waals surface area contributed by atoms with Crippen LogP contribution in [0, 0.1) is 6.92 Å². The van der Waals surface area contributed by atoms with Crippen molar-refractivity contribution in [1.82, 2.24) is 10.2 Å². The highest BCUT2D eigenvalue weighted by Crippen LogP contribution is 2.18. The van der Waals surface area contributed by atoms with Crippen LogP contribution in [0.1, 0.15) is 9.75 Å². The maximum absolute atomic E-state index is 11.3. The molecule has 16 heavy (non-hydrogen) atoms. The first-order chi connectivity index (χ1) is 7.66. The van der Waals surface area contributed by atoms with Crippen molar-refractivity contribution in [2.75, 3.05) is 19.6 Å². The Bertz CT molecular complexity index is 377. The normalized spacial score (nSPS) is 22.2. The number of nitrogens with zero attached hydrogens (tertiary/aromatic N) is 1. The van der Waals surface area contributed by atoms with Crippen molar-refractivity contribution in [1.29, 1.82) is 0 Å². The predicted octanol–water partition coefficient (Wildman–Crippen LogP) is 0.316. The molecular formula is C11H17N3OS. The third-order valence-corrected chi connectivity index (χ3v) is 3.82. The average molecular weight is 239 g/mol. The Hall–Kier alpha value is -0.910. The molecule has 88 valence electrons. The van der Waals surface area contributed by atoms with Gasteiger partial charge in [-0.05, 0) is 19.1 Å². The van der Waals surface area contributed by atoms with E-state index >= 15 is 0 Å². The summed E-state index contributed by atoms with van der Waals surface area (Å²) in [6.45, 7) is 5.39.